The summed E-state index contributed by atoms with van der Waals surface area (Å²) in [6.45, 7) is 1.43. The number of carbonyl (C=O) groups is 4. The lowest BCUT2D eigenvalue weighted by Crippen LogP contribution is -2.43. The molecule has 0 radical (unpaired) electrons. The van der Waals surface area contributed by atoms with Crippen molar-refractivity contribution >= 4 is 35.3 Å². The number of carboxylic acids is 1. The summed E-state index contributed by atoms with van der Waals surface area (Å²) >= 11 is 6.10. The Morgan fingerprint density at radius 3 is 2.66 bits per heavy atom. The molecular weight excluding hydrogens is 479 g/mol. The van der Waals surface area contributed by atoms with Crippen molar-refractivity contribution < 1.29 is 33.4 Å². The van der Waals surface area contributed by atoms with E-state index >= 15 is 0 Å². The Hall–Kier alpha value is -3.46. The van der Waals surface area contributed by atoms with Crippen LogP contribution >= 0.6 is 11.6 Å². The number of halogens is 2. The second-order valence-corrected chi connectivity index (χ2v) is 8.77. The number of hydrogen-bond acceptors (Lipinski definition) is 5. The van der Waals surface area contributed by atoms with Gasteiger partial charge in [-0.25, -0.2) is 9.18 Å². The van der Waals surface area contributed by atoms with Crippen LogP contribution in [0.4, 0.5) is 4.39 Å². The van der Waals surface area contributed by atoms with Crippen LogP contribution in [0, 0.1) is 11.7 Å². The zero-order valence-corrected chi connectivity index (χ0v) is 20.1. The number of methoxy groups -OCH3 is 1. The van der Waals surface area contributed by atoms with Gasteiger partial charge in [0.05, 0.1) is 18.6 Å². The summed E-state index contributed by atoms with van der Waals surface area (Å²) in [5, 5.41) is 12.3. The van der Waals surface area contributed by atoms with Crippen molar-refractivity contribution in [1.29, 1.82) is 0 Å². The van der Waals surface area contributed by atoms with Crippen LogP contribution in [0.2, 0.25) is 5.02 Å². The zero-order chi connectivity index (χ0) is 25.7. The third kappa shape index (κ3) is 6.16. The van der Waals surface area contributed by atoms with Gasteiger partial charge in [0, 0.05) is 18.0 Å². The fraction of sp³-hybridized carbons (Fsp3) is 0.360. The molecule has 3 rings (SSSR count). The maximum atomic E-state index is 13.8. The van der Waals surface area contributed by atoms with Gasteiger partial charge < -0.3 is 15.2 Å². The first-order valence-corrected chi connectivity index (χ1v) is 11.5. The average Bonchev–Trinajstić information content (AvgIpc) is 2.96. The first-order chi connectivity index (χ1) is 16.6. The van der Waals surface area contributed by atoms with E-state index in [0.29, 0.717) is 28.3 Å². The van der Waals surface area contributed by atoms with Crippen LogP contribution in [-0.4, -0.2) is 53.9 Å². The van der Waals surface area contributed by atoms with E-state index in [4.69, 9.17) is 16.3 Å². The fourth-order valence-corrected chi connectivity index (χ4v) is 4.34. The van der Waals surface area contributed by atoms with E-state index in [1.165, 1.54) is 19.2 Å². The summed E-state index contributed by atoms with van der Waals surface area (Å²) in [7, 11) is 1.50. The van der Waals surface area contributed by atoms with E-state index < -0.39 is 53.5 Å². The lowest BCUT2D eigenvalue weighted by molar-refractivity contribution is -0.148. The second-order valence-electron chi connectivity index (χ2n) is 8.33. The molecule has 186 valence electrons. The minimum Gasteiger partial charge on any atom is -0.496 e. The van der Waals surface area contributed by atoms with Gasteiger partial charge in [0.15, 0.2) is 0 Å². The monoisotopic (exact) mass is 504 g/mol. The molecule has 2 aromatic carbocycles. The van der Waals surface area contributed by atoms with Gasteiger partial charge >= 0.3 is 5.97 Å². The Kier molecular flexibility index (Phi) is 8.45. The van der Waals surface area contributed by atoms with Crippen molar-refractivity contribution in [3.05, 3.63) is 63.9 Å². The van der Waals surface area contributed by atoms with Crippen LogP contribution in [0.15, 0.2) is 36.4 Å². The van der Waals surface area contributed by atoms with Gasteiger partial charge in [-0.2, -0.15) is 0 Å². The average molecular weight is 505 g/mol. The molecule has 2 aromatic rings. The smallest absolute Gasteiger partial charge is 0.338 e. The number of benzene rings is 2. The van der Waals surface area contributed by atoms with Gasteiger partial charge in [0.1, 0.15) is 18.1 Å². The summed E-state index contributed by atoms with van der Waals surface area (Å²) in [5.41, 5.74) is 0.640. The number of carbonyl (C=O) groups excluding carboxylic acids is 3. The molecule has 1 aliphatic rings. The first kappa shape index (κ1) is 26.2. The van der Waals surface area contributed by atoms with Crippen molar-refractivity contribution in [2.75, 3.05) is 20.2 Å². The predicted molar refractivity (Wildman–Crippen MR) is 126 cm³/mol. The SMILES string of the molecule is CC[C@@H](CC(=O)N1CC(=O)NC[C@H](Cc2cc(Cl)ccc2OC)C1=O)c1ccc(F)c(C(=O)O)c1. The number of amides is 3. The van der Waals surface area contributed by atoms with Gasteiger partial charge in [-0.05, 0) is 60.2 Å². The van der Waals surface area contributed by atoms with E-state index in [-0.39, 0.29) is 19.4 Å². The number of ether oxygens (including phenoxy) is 1. The molecular formula is C25H26ClFN2O6. The quantitative estimate of drug-likeness (QED) is 0.569. The first-order valence-electron chi connectivity index (χ1n) is 11.1. The Bertz CT molecular complexity index is 1150. The molecule has 0 bridgehead atoms. The van der Waals surface area contributed by atoms with Crippen molar-refractivity contribution in [1.82, 2.24) is 10.2 Å². The number of imide groups is 1. The molecule has 0 aromatic heterocycles. The highest BCUT2D eigenvalue weighted by atomic mass is 35.5. The molecule has 0 unspecified atom stereocenters. The largest absolute Gasteiger partial charge is 0.496 e. The Balaban J connectivity index is 1.83. The number of rotatable bonds is 8. The normalized spacial score (nSPS) is 16.9. The minimum absolute atomic E-state index is 0.0499. The van der Waals surface area contributed by atoms with Gasteiger partial charge in [-0.15, -0.1) is 0 Å². The van der Waals surface area contributed by atoms with Gasteiger partial charge in [0.2, 0.25) is 17.7 Å². The van der Waals surface area contributed by atoms with Crippen molar-refractivity contribution in [3.63, 3.8) is 0 Å². The van der Waals surface area contributed by atoms with E-state index in [1.807, 2.05) is 0 Å². The lowest BCUT2D eigenvalue weighted by Gasteiger charge is -2.24. The maximum Gasteiger partial charge on any atom is 0.338 e. The molecule has 1 heterocycles. The lowest BCUT2D eigenvalue weighted by atomic mass is 9.91. The molecule has 0 aliphatic carbocycles. The molecule has 2 N–H and O–H groups in total. The highest BCUT2D eigenvalue weighted by Gasteiger charge is 2.35. The van der Waals surface area contributed by atoms with Crippen molar-refractivity contribution in [3.8, 4) is 5.75 Å². The molecule has 1 aliphatic heterocycles. The molecule has 3 amide bonds. The van der Waals surface area contributed by atoms with Gasteiger partial charge in [0.25, 0.3) is 0 Å². The van der Waals surface area contributed by atoms with Crippen LogP contribution in [0.5, 0.6) is 5.75 Å². The van der Waals surface area contributed by atoms with E-state index in [1.54, 1.807) is 25.1 Å². The highest BCUT2D eigenvalue weighted by molar-refractivity contribution is 6.30. The van der Waals surface area contributed by atoms with Crippen molar-refractivity contribution in [2.24, 2.45) is 5.92 Å². The zero-order valence-electron chi connectivity index (χ0n) is 19.3. The Labute approximate surface area is 207 Å². The number of hydrogen-bond donors (Lipinski definition) is 2. The fourth-order valence-electron chi connectivity index (χ4n) is 4.14. The van der Waals surface area contributed by atoms with E-state index in [9.17, 15) is 28.7 Å². The highest BCUT2D eigenvalue weighted by Crippen LogP contribution is 2.29. The summed E-state index contributed by atoms with van der Waals surface area (Å²) in [5.74, 6) is -4.47. The summed E-state index contributed by atoms with van der Waals surface area (Å²) in [6.07, 6.45) is 0.491. The molecule has 1 fully saturated rings. The van der Waals surface area contributed by atoms with Crippen LogP contribution in [-0.2, 0) is 20.8 Å². The minimum atomic E-state index is -1.41. The van der Waals surface area contributed by atoms with Crippen LogP contribution in [0.1, 0.15) is 47.2 Å². The summed E-state index contributed by atoms with van der Waals surface area (Å²) < 4.78 is 19.2. The molecule has 2 atom stereocenters. The van der Waals surface area contributed by atoms with Crippen LogP contribution < -0.4 is 10.1 Å². The summed E-state index contributed by atoms with van der Waals surface area (Å²) in [4.78, 5) is 51.1. The third-order valence-corrected chi connectivity index (χ3v) is 6.31. The molecule has 1 saturated heterocycles. The summed E-state index contributed by atoms with van der Waals surface area (Å²) in [6, 6.07) is 8.69. The number of nitrogens with one attached hydrogen (secondary N) is 1. The molecule has 8 nitrogen and oxygen atoms in total. The Morgan fingerprint density at radius 2 is 2.00 bits per heavy atom. The van der Waals surface area contributed by atoms with Gasteiger partial charge in [-0.1, -0.05) is 24.6 Å². The molecule has 10 heteroatoms. The topological polar surface area (TPSA) is 113 Å². The van der Waals surface area contributed by atoms with E-state index in [0.717, 1.165) is 11.0 Å². The van der Waals surface area contributed by atoms with Gasteiger partial charge in [-0.3, -0.25) is 19.3 Å². The Morgan fingerprint density at radius 1 is 1.26 bits per heavy atom. The molecule has 0 spiro atoms. The number of aromatic carboxylic acids is 1. The standard InChI is InChI=1S/C25H26ClFN2O6/c1-3-14(15-4-6-20(27)19(10-15)25(33)34)11-23(31)29-13-22(30)28-12-17(24(29)32)8-16-9-18(26)5-7-21(16)35-2/h4-7,9-10,14,17H,3,8,11-13H2,1-2H3,(H,28,30)(H,33,34)/t14-,17-/m0/s1. The maximum absolute atomic E-state index is 13.8. The van der Waals surface area contributed by atoms with E-state index in [2.05, 4.69) is 5.32 Å². The van der Waals surface area contributed by atoms with Crippen LogP contribution in [0.3, 0.4) is 0 Å². The van der Waals surface area contributed by atoms with Crippen molar-refractivity contribution in [2.45, 2.75) is 32.1 Å². The van der Waals surface area contributed by atoms with Crippen LogP contribution in [0.25, 0.3) is 0 Å². The molecule has 35 heavy (non-hydrogen) atoms. The predicted octanol–water partition coefficient (Wildman–Crippen LogP) is 3.41. The number of carboxylic acid groups (broad SMARTS) is 1. The second kappa shape index (κ2) is 11.3. The molecule has 0 saturated carbocycles. The number of nitrogens with zero attached hydrogens (tertiary/aromatic N) is 1. The third-order valence-electron chi connectivity index (χ3n) is 6.08.